The van der Waals surface area contributed by atoms with Gasteiger partial charge in [0.1, 0.15) is 12.4 Å². The second-order valence-electron chi connectivity index (χ2n) is 6.99. The summed E-state index contributed by atoms with van der Waals surface area (Å²) in [6.07, 6.45) is 4.19. The van der Waals surface area contributed by atoms with E-state index >= 15 is 0 Å². The Morgan fingerprint density at radius 2 is 1.90 bits per heavy atom. The molecular weight excluding hydrogens is 392 g/mol. The fourth-order valence-corrected chi connectivity index (χ4v) is 3.10. The predicted octanol–water partition coefficient (Wildman–Crippen LogP) is 4.55. The van der Waals surface area contributed by atoms with Gasteiger partial charge < -0.3 is 19.8 Å². The SMILES string of the molecule is O=C(NCCc1ccn(-c2ccccc2)n1)Nc1cccc(COCc2ccco2)c1. The Morgan fingerprint density at radius 1 is 1.00 bits per heavy atom. The van der Waals surface area contributed by atoms with Gasteiger partial charge in [0, 0.05) is 24.8 Å². The lowest BCUT2D eigenvalue weighted by Crippen LogP contribution is -2.30. The Bertz CT molecular complexity index is 1090. The Balaban J connectivity index is 1.20. The third-order valence-electron chi connectivity index (χ3n) is 4.61. The monoisotopic (exact) mass is 416 g/mol. The highest BCUT2D eigenvalue weighted by molar-refractivity contribution is 5.89. The van der Waals surface area contributed by atoms with Crippen LogP contribution in [0.5, 0.6) is 0 Å². The molecule has 0 bridgehead atoms. The van der Waals surface area contributed by atoms with Crippen LogP contribution in [0.25, 0.3) is 5.69 Å². The van der Waals surface area contributed by atoms with Crippen LogP contribution in [0, 0.1) is 0 Å². The molecule has 0 aliphatic rings. The van der Waals surface area contributed by atoms with Crippen molar-refractivity contribution >= 4 is 11.7 Å². The molecule has 0 saturated heterocycles. The number of nitrogens with zero attached hydrogens (tertiary/aromatic N) is 2. The van der Waals surface area contributed by atoms with E-state index in [9.17, 15) is 4.79 Å². The van der Waals surface area contributed by atoms with Crippen molar-refractivity contribution < 1.29 is 13.9 Å². The van der Waals surface area contributed by atoms with Crippen LogP contribution in [0.15, 0.2) is 89.7 Å². The van der Waals surface area contributed by atoms with Crippen LogP contribution in [0.1, 0.15) is 17.0 Å². The zero-order valence-electron chi connectivity index (χ0n) is 17.0. The first-order valence-corrected chi connectivity index (χ1v) is 10.1. The van der Waals surface area contributed by atoms with Crippen LogP contribution < -0.4 is 10.6 Å². The molecule has 0 aliphatic heterocycles. The summed E-state index contributed by atoms with van der Waals surface area (Å²) in [5.74, 6) is 0.780. The zero-order chi connectivity index (χ0) is 21.3. The Hall–Kier alpha value is -3.84. The van der Waals surface area contributed by atoms with Crippen LogP contribution >= 0.6 is 0 Å². The fraction of sp³-hybridized carbons (Fsp3) is 0.167. The number of para-hydroxylation sites is 1. The number of ether oxygens (including phenoxy) is 1. The van der Waals surface area contributed by atoms with E-state index in [1.54, 1.807) is 6.26 Å². The van der Waals surface area contributed by atoms with Crippen molar-refractivity contribution in [3.05, 3.63) is 102 Å². The van der Waals surface area contributed by atoms with Gasteiger partial charge in [-0.2, -0.15) is 5.10 Å². The van der Waals surface area contributed by atoms with E-state index in [2.05, 4.69) is 15.7 Å². The molecule has 7 heteroatoms. The average molecular weight is 416 g/mol. The molecule has 2 aromatic carbocycles. The first-order valence-electron chi connectivity index (χ1n) is 10.1. The highest BCUT2D eigenvalue weighted by Crippen LogP contribution is 2.13. The minimum absolute atomic E-state index is 0.254. The molecule has 2 N–H and O–H groups in total. The minimum Gasteiger partial charge on any atom is -0.467 e. The van der Waals surface area contributed by atoms with Gasteiger partial charge in [-0.3, -0.25) is 0 Å². The highest BCUT2D eigenvalue weighted by atomic mass is 16.5. The molecule has 31 heavy (non-hydrogen) atoms. The quantitative estimate of drug-likeness (QED) is 0.420. The number of hydrogen-bond acceptors (Lipinski definition) is 4. The van der Waals surface area contributed by atoms with Gasteiger partial charge in [0.15, 0.2) is 0 Å². The summed E-state index contributed by atoms with van der Waals surface area (Å²) >= 11 is 0. The zero-order valence-corrected chi connectivity index (χ0v) is 17.0. The van der Waals surface area contributed by atoms with Gasteiger partial charge in [0.25, 0.3) is 0 Å². The molecule has 0 radical (unpaired) electrons. The maximum atomic E-state index is 12.2. The van der Waals surface area contributed by atoms with Gasteiger partial charge in [-0.25, -0.2) is 9.48 Å². The van der Waals surface area contributed by atoms with Crippen molar-refractivity contribution in [3.63, 3.8) is 0 Å². The highest BCUT2D eigenvalue weighted by Gasteiger charge is 2.05. The first kappa shape index (κ1) is 20.4. The van der Waals surface area contributed by atoms with E-state index in [-0.39, 0.29) is 6.03 Å². The molecule has 0 spiro atoms. The molecule has 2 heterocycles. The lowest BCUT2D eigenvalue weighted by atomic mass is 10.2. The van der Waals surface area contributed by atoms with E-state index in [4.69, 9.17) is 9.15 Å². The van der Waals surface area contributed by atoms with Crippen LogP contribution in [-0.4, -0.2) is 22.4 Å². The molecule has 4 rings (SSSR count). The minimum atomic E-state index is -0.254. The van der Waals surface area contributed by atoms with Crippen LogP contribution in [-0.2, 0) is 24.4 Å². The van der Waals surface area contributed by atoms with Gasteiger partial charge in [0.2, 0.25) is 0 Å². The van der Waals surface area contributed by atoms with Crippen LogP contribution in [0.2, 0.25) is 0 Å². The fourth-order valence-electron chi connectivity index (χ4n) is 3.10. The van der Waals surface area contributed by atoms with Crippen molar-refractivity contribution in [2.24, 2.45) is 0 Å². The van der Waals surface area contributed by atoms with E-state index in [1.807, 2.05) is 83.7 Å². The smallest absolute Gasteiger partial charge is 0.319 e. The number of carbonyl (C=O) groups excluding carboxylic acids is 1. The molecular formula is C24H24N4O3. The summed E-state index contributed by atoms with van der Waals surface area (Å²) in [5.41, 5.74) is 3.60. The number of anilines is 1. The second-order valence-corrected chi connectivity index (χ2v) is 6.99. The summed E-state index contributed by atoms with van der Waals surface area (Å²) in [6, 6.07) is 22.9. The number of furan rings is 1. The van der Waals surface area contributed by atoms with Gasteiger partial charge in [0.05, 0.1) is 24.3 Å². The van der Waals surface area contributed by atoms with Crippen molar-refractivity contribution in [2.45, 2.75) is 19.6 Å². The normalized spacial score (nSPS) is 10.7. The van der Waals surface area contributed by atoms with Crippen molar-refractivity contribution in [1.82, 2.24) is 15.1 Å². The first-order chi connectivity index (χ1) is 15.3. The standard InChI is InChI=1S/C24H24N4O3/c29-24(25-13-11-20-12-14-28(27-20)22-8-2-1-3-9-22)26-21-7-4-6-19(16-21)17-30-18-23-10-5-15-31-23/h1-10,12,14-16H,11,13,17-18H2,(H2,25,26,29). The Kier molecular flexibility index (Phi) is 6.77. The van der Waals surface area contributed by atoms with Gasteiger partial charge in [-0.05, 0) is 48.0 Å². The number of rotatable bonds is 9. The molecule has 0 saturated carbocycles. The van der Waals surface area contributed by atoms with Gasteiger partial charge in [-0.1, -0.05) is 30.3 Å². The maximum Gasteiger partial charge on any atom is 0.319 e. The van der Waals surface area contributed by atoms with Crippen molar-refractivity contribution in [3.8, 4) is 5.69 Å². The summed E-state index contributed by atoms with van der Waals surface area (Å²) in [7, 11) is 0. The average Bonchev–Trinajstić information content (AvgIpc) is 3.47. The molecule has 158 valence electrons. The number of amides is 2. The van der Waals surface area contributed by atoms with Gasteiger partial charge in [-0.15, -0.1) is 0 Å². The molecule has 0 aliphatic carbocycles. The summed E-state index contributed by atoms with van der Waals surface area (Å²) in [4.78, 5) is 12.2. The van der Waals surface area contributed by atoms with Crippen molar-refractivity contribution in [1.29, 1.82) is 0 Å². The maximum absolute atomic E-state index is 12.2. The summed E-state index contributed by atoms with van der Waals surface area (Å²) < 4.78 is 12.7. The number of hydrogen-bond donors (Lipinski definition) is 2. The molecule has 0 unspecified atom stereocenters. The van der Waals surface area contributed by atoms with E-state index in [1.165, 1.54) is 0 Å². The number of nitrogens with one attached hydrogen (secondary N) is 2. The van der Waals surface area contributed by atoms with Gasteiger partial charge >= 0.3 is 6.03 Å². The van der Waals surface area contributed by atoms with Crippen LogP contribution in [0.3, 0.4) is 0 Å². The van der Waals surface area contributed by atoms with E-state index < -0.39 is 0 Å². The summed E-state index contributed by atoms with van der Waals surface area (Å²) in [6.45, 7) is 1.33. The van der Waals surface area contributed by atoms with E-state index in [0.29, 0.717) is 31.9 Å². The van der Waals surface area contributed by atoms with Crippen LogP contribution in [0.4, 0.5) is 10.5 Å². The second kappa shape index (κ2) is 10.3. The topological polar surface area (TPSA) is 81.3 Å². The molecule has 7 nitrogen and oxygen atoms in total. The molecule has 0 fully saturated rings. The number of benzene rings is 2. The third kappa shape index (κ3) is 6.07. The molecule has 0 atom stereocenters. The predicted molar refractivity (Wildman–Crippen MR) is 118 cm³/mol. The lowest BCUT2D eigenvalue weighted by molar-refractivity contribution is 0.0930. The van der Waals surface area contributed by atoms with E-state index in [0.717, 1.165) is 22.7 Å². The molecule has 2 amide bonds. The number of carbonyl (C=O) groups is 1. The number of urea groups is 1. The number of aromatic nitrogens is 2. The Labute approximate surface area is 180 Å². The largest absolute Gasteiger partial charge is 0.467 e. The summed E-state index contributed by atoms with van der Waals surface area (Å²) in [5, 5.41) is 10.3. The third-order valence-corrected chi connectivity index (χ3v) is 4.61. The molecule has 4 aromatic rings. The molecule has 2 aromatic heterocycles. The Morgan fingerprint density at radius 3 is 2.74 bits per heavy atom. The van der Waals surface area contributed by atoms with Crippen molar-refractivity contribution in [2.75, 3.05) is 11.9 Å². The lowest BCUT2D eigenvalue weighted by Gasteiger charge is -2.09.